The van der Waals surface area contributed by atoms with Gasteiger partial charge in [-0.2, -0.15) is 0 Å². The molecule has 1 aliphatic rings. The number of hydrogen-bond acceptors (Lipinski definition) is 2. The molecule has 1 aliphatic carbocycles. The van der Waals surface area contributed by atoms with Crippen LogP contribution in [-0.2, 0) is 0 Å². The van der Waals surface area contributed by atoms with Crippen LogP contribution in [0.4, 0.5) is 0 Å². The molecule has 2 nitrogen and oxygen atoms in total. The summed E-state index contributed by atoms with van der Waals surface area (Å²) >= 11 is 0. The highest BCUT2D eigenvalue weighted by Gasteiger charge is 2.43. The van der Waals surface area contributed by atoms with Crippen LogP contribution in [0.15, 0.2) is 48.5 Å². The van der Waals surface area contributed by atoms with Gasteiger partial charge in [-0.15, -0.1) is 0 Å². The van der Waals surface area contributed by atoms with Crippen molar-refractivity contribution < 1.29 is 5.11 Å². The van der Waals surface area contributed by atoms with Crippen molar-refractivity contribution in [3.05, 3.63) is 59.7 Å². The Morgan fingerprint density at radius 3 is 1.78 bits per heavy atom. The van der Waals surface area contributed by atoms with Crippen molar-refractivity contribution in [2.24, 2.45) is 5.41 Å². The lowest BCUT2D eigenvalue weighted by molar-refractivity contribution is 0.0507. The second kappa shape index (κ2) is 5.59. The Hall–Kier alpha value is -1.42. The first-order chi connectivity index (χ1) is 10.7. The molecule has 1 unspecified atom stereocenters. The minimum Gasteiger partial charge on any atom is -0.379 e. The van der Waals surface area contributed by atoms with E-state index in [4.69, 9.17) is 0 Å². The largest absolute Gasteiger partial charge is 0.379 e. The first kappa shape index (κ1) is 16.4. The summed E-state index contributed by atoms with van der Waals surface area (Å²) in [6.07, 6.45) is -0.496. The molecule has 2 N–H and O–H groups in total. The van der Waals surface area contributed by atoms with Gasteiger partial charge in [-0.05, 0) is 22.3 Å². The minimum atomic E-state index is -1.95. The zero-order valence-electron chi connectivity index (χ0n) is 14.7. The molecule has 0 radical (unpaired) electrons. The van der Waals surface area contributed by atoms with Crippen LogP contribution in [0.2, 0.25) is 13.1 Å². The third-order valence-corrected chi connectivity index (χ3v) is 7.97. The van der Waals surface area contributed by atoms with Gasteiger partial charge in [0.15, 0.2) is 0 Å². The normalized spacial score (nSPS) is 16.1. The van der Waals surface area contributed by atoms with E-state index in [1.165, 1.54) is 22.3 Å². The predicted octanol–water partition coefficient (Wildman–Crippen LogP) is 4.50. The molecule has 0 aliphatic heterocycles. The van der Waals surface area contributed by atoms with Gasteiger partial charge in [0, 0.05) is 11.0 Å². The van der Waals surface area contributed by atoms with Crippen molar-refractivity contribution in [1.29, 1.82) is 0 Å². The molecule has 2 aromatic carbocycles. The zero-order chi connectivity index (χ0) is 16.8. The lowest BCUT2D eigenvalue weighted by atomic mass is 9.95. The summed E-state index contributed by atoms with van der Waals surface area (Å²) < 4.78 is 0. The summed E-state index contributed by atoms with van der Waals surface area (Å²) in [6.45, 7) is 10.9. The van der Waals surface area contributed by atoms with Gasteiger partial charge in [0.05, 0.1) is 0 Å². The van der Waals surface area contributed by atoms with Crippen LogP contribution in [0.5, 0.6) is 0 Å². The van der Waals surface area contributed by atoms with Crippen molar-refractivity contribution in [2.75, 3.05) is 0 Å². The van der Waals surface area contributed by atoms with Crippen LogP contribution in [0.1, 0.15) is 37.4 Å². The molecule has 0 saturated heterocycles. The summed E-state index contributed by atoms with van der Waals surface area (Å²) in [5, 5.41) is 10.6. The summed E-state index contributed by atoms with van der Waals surface area (Å²) in [5.74, 6) is 0. The Morgan fingerprint density at radius 1 is 0.913 bits per heavy atom. The zero-order valence-corrected chi connectivity index (χ0v) is 15.7. The molecule has 0 bridgehead atoms. The smallest absolute Gasteiger partial charge is 0.133 e. The van der Waals surface area contributed by atoms with Gasteiger partial charge in [0.25, 0.3) is 0 Å². The Bertz CT molecular complexity index is 672. The molecule has 3 rings (SSSR count). The number of hydrogen-bond donors (Lipinski definition) is 2. The number of benzene rings is 2. The molecular weight excluding hydrogens is 298 g/mol. The Morgan fingerprint density at radius 2 is 1.35 bits per heavy atom. The standard InChI is InChI=1S/C20H27NOSi/c1-20(2,3)19(22)21-23(4,5)18-16-12-8-6-10-14(16)15-11-7-9-13-17(15)18/h6-13,18-19,21-22H,1-5H3. The fourth-order valence-corrected chi connectivity index (χ4v) is 6.95. The van der Waals surface area contributed by atoms with Gasteiger partial charge in [-0.25, -0.2) is 0 Å². The van der Waals surface area contributed by atoms with Crippen LogP contribution < -0.4 is 4.98 Å². The molecule has 2 aromatic rings. The van der Waals surface area contributed by atoms with E-state index in [9.17, 15) is 5.11 Å². The van der Waals surface area contributed by atoms with Gasteiger partial charge >= 0.3 is 0 Å². The molecular formula is C20H27NOSi. The van der Waals surface area contributed by atoms with Gasteiger partial charge in [-0.1, -0.05) is 82.4 Å². The van der Waals surface area contributed by atoms with Gasteiger partial charge in [-0.3, -0.25) is 0 Å². The third kappa shape index (κ3) is 2.89. The lowest BCUT2D eigenvalue weighted by Crippen LogP contribution is -2.58. The fraction of sp³-hybridized carbons (Fsp3) is 0.400. The van der Waals surface area contributed by atoms with Crippen LogP contribution in [0, 0.1) is 5.41 Å². The van der Waals surface area contributed by atoms with E-state index in [-0.39, 0.29) is 5.41 Å². The Balaban J connectivity index is 2.05. The highest BCUT2D eigenvalue weighted by Crippen LogP contribution is 2.48. The molecule has 23 heavy (non-hydrogen) atoms. The van der Waals surface area contributed by atoms with E-state index in [1.54, 1.807) is 0 Å². The summed E-state index contributed by atoms with van der Waals surface area (Å²) in [4.78, 5) is 3.61. The maximum absolute atomic E-state index is 10.6. The van der Waals surface area contributed by atoms with E-state index in [0.717, 1.165) is 0 Å². The summed E-state index contributed by atoms with van der Waals surface area (Å²) in [5.41, 5.74) is 5.70. The quantitative estimate of drug-likeness (QED) is 0.643. The average molecular weight is 326 g/mol. The average Bonchev–Trinajstić information content (AvgIpc) is 2.81. The lowest BCUT2D eigenvalue weighted by Gasteiger charge is -2.38. The molecule has 0 amide bonds. The Labute approximate surface area is 140 Å². The van der Waals surface area contributed by atoms with E-state index >= 15 is 0 Å². The highest BCUT2D eigenvalue weighted by molar-refractivity contribution is 6.77. The highest BCUT2D eigenvalue weighted by atomic mass is 28.3. The van der Waals surface area contributed by atoms with Crippen molar-refractivity contribution in [3.63, 3.8) is 0 Å². The molecule has 0 heterocycles. The van der Waals surface area contributed by atoms with Crippen molar-refractivity contribution >= 4 is 8.24 Å². The van der Waals surface area contributed by atoms with Gasteiger partial charge < -0.3 is 10.1 Å². The molecule has 1 atom stereocenters. The second-order valence-corrected chi connectivity index (χ2v) is 12.6. The number of nitrogens with one attached hydrogen (secondary N) is 1. The minimum absolute atomic E-state index is 0.165. The second-order valence-electron chi connectivity index (χ2n) is 8.24. The van der Waals surface area contributed by atoms with Gasteiger partial charge in [0.1, 0.15) is 14.5 Å². The van der Waals surface area contributed by atoms with Crippen LogP contribution in [-0.4, -0.2) is 19.6 Å². The van der Waals surface area contributed by atoms with Crippen molar-refractivity contribution in [2.45, 2.75) is 45.6 Å². The van der Waals surface area contributed by atoms with Crippen LogP contribution >= 0.6 is 0 Å². The topological polar surface area (TPSA) is 32.3 Å². The maximum Gasteiger partial charge on any atom is 0.133 e. The van der Waals surface area contributed by atoms with E-state index in [2.05, 4.69) is 87.4 Å². The molecule has 0 fully saturated rings. The first-order valence-corrected chi connectivity index (χ1v) is 11.4. The Kier molecular flexibility index (Phi) is 3.99. The number of aliphatic hydroxyl groups excluding tert-OH is 1. The maximum atomic E-state index is 10.6. The molecule has 0 saturated carbocycles. The fourth-order valence-electron chi connectivity index (χ4n) is 3.59. The summed E-state index contributed by atoms with van der Waals surface area (Å²) in [7, 11) is -1.95. The van der Waals surface area contributed by atoms with Crippen molar-refractivity contribution in [1.82, 2.24) is 4.98 Å². The summed E-state index contributed by atoms with van der Waals surface area (Å²) in [6, 6.07) is 17.4. The monoisotopic (exact) mass is 325 g/mol. The van der Waals surface area contributed by atoms with Crippen molar-refractivity contribution in [3.8, 4) is 11.1 Å². The van der Waals surface area contributed by atoms with E-state index in [1.807, 2.05) is 0 Å². The molecule has 0 aromatic heterocycles. The number of aliphatic hydroxyl groups is 1. The van der Waals surface area contributed by atoms with Gasteiger partial charge in [0.2, 0.25) is 0 Å². The number of rotatable bonds is 3. The predicted molar refractivity (Wildman–Crippen MR) is 99.8 cm³/mol. The molecule has 0 spiro atoms. The SMILES string of the molecule is CC(C)(C)C(O)N[Si](C)(C)C1c2ccccc2-c2ccccc21. The van der Waals surface area contributed by atoms with Crippen LogP contribution in [0.25, 0.3) is 11.1 Å². The molecule has 3 heteroatoms. The number of fused-ring (bicyclic) bond motifs is 3. The first-order valence-electron chi connectivity index (χ1n) is 8.36. The van der Waals surface area contributed by atoms with Crippen LogP contribution in [0.3, 0.4) is 0 Å². The van der Waals surface area contributed by atoms with E-state index in [0.29, 0.717) is 5.54 Å². The third-order valence-electron chi connectivity index (χ3n) is 4.88. The molecule has 122 valence electrons. The van der Waals surface area contributed by atoms with E-state index < -0.39 is 14.5 Å².